The molecule has 2 amide bonds. The molecule has 0 saturated heterocycles. The SMILES string of the molecule is O=C(Nc1ccc(NC23CC4CC(CC(C4)C2)C3)nc1)Nc1cccc(Cl)c1. The van der Waals surface area contributed by atoms with Crippen molar-refractivity contribution in [2.75, 3.05) is 16.0 Å². The Morgan fingerprint density at radius 2 is 1.64 bits per heavy atom. The molecule has 1 heterocycles. The topological polar surface area (TPSA) is 66.0 Å². The number of carbonyl (C=O) groups is 1. The lowest BCUT2D eigenvalue weighted by molar-refractivity contribution is 0.0105. The van der Waals surface area contributed by atoms with Gasteiger partial charge >= 0.3 is 6.03 Å². The summed E-state index contributed by atoms with van der Waals surface area (Å²) in [5, 5.41) is 9.93. The van der Waals surface area contributed by atoms with Gasteiger partial charge in [0.15, 0.2) is 0 Å². The predicted octanol–water partition coefficient (Wildman–Crippen LogP) is 5.76. The van der Waals surface area contributed by atoms with Gasteiger partial charge in [-0.15, -0.1) is 0 Å². The maximum Gasteiger partial charge on any atom is 0.323 e. The number of hydrogen-bond acceptors (Lipinski definition) is 3. The molecule has 3 N–H and O–H groups in total. The number of nitrogens with one attached hydrogen (secondary N) is 3. The van der Waals surface area contributed by atoms with Gasteiger partial charge in [0, 0.05) is 16.2 Å². The summed E-state index contributed by atoms with van der Waals surface area (Å²) in [7, 11) is 0. The first-order valence-electron chi connectivity index (χ1n) is 10.1. The molecule has 28 heavy (non-hydrogen) atoms. The van der Waals surface area contributed by atoms with Gasteiger partial charge in [-0.05, 0) is 86.6 Å². The van der Waals surface area contributed by atoms with Crippen LogP contribution >= 0.6 is 11.6 Å². The fourth-order valence-electron chi connectivity index (χ4n) is 5.94. The highest BCUT2D eigenvalue weighted by Crippen LogP contribution is 2.56. The molecule has 0 aliphatic heterocycles. The van der Waals surface area contributed by atoms with E-state index in [1.807, 2.05) is 12.1 Å². The molecular formula is C22H25ClN4O. The third kappa shape index (κ3) is 3.68. The van der Waals surface area contributed by atoms with E-state index >= 15 is 0 Å². The quantitative estimate of drug-likeness (QED) is 0.615. The minimum Gasteiger partial charge on any atom is -0.365 e. The Labute approximate surface area is 170 Å². The monoisotopic (exact) mass is 396 g/mol. The van der Waals surface area contributed by atoms with E-state index in [1.165, 1.54) is 38.5 Å². The number of aromatic nitrogens is 1. The van der Waals surface area contributed by atoms with E-state index in [2.05, 4.69) is 20.9 Å². The van der Waals surface area contributed by atoms with Gasteiger partial charge in [0.2, 0.25) is 0 Å². The second-order valence-corrected chi connectivity index (χ2v) is 9.28. The van der Waals surface area contributed by atoms with Crippen LogP contribution in [0.3, 0.4) is 0 Å². The van der Waals surface area contributed by atoms with Gasteiger partial charge in [0.25, 0.3) is 0 Å². The van der Waals surface area contributed by atoms with Crippen LogP contribution in [0.2, 0.25) is 5.02 Å². The van der Waals surface area contributed by atoms with Crippen LogP contribution < -0.4 is 16.0 Å². The fourth-order valence-corrected chi connectivity index (χ4v) is 6.13. The average molecular weight is 397 g/mol. The lowest BCUT2D eigenvalue weighted by Gasteiger charge is -2.57. The Bertz CT molecular complexity index is 847. The normalized spacial score (nSPS) is 30.1. The summed E-state index contributed by atoms with van der Waals surface area (Å²) in [5.74, 6) is 3.60. The van der Waals surface area contributed by atoms with Crippen molar-refractivity contribution in [1.82, 2.24) is 4.98 Å². The number of nitrogens with zero attached hydrogens (tertiary/aromatic N) is 1. The van der Waals surface area contributed by atoms with Crippen molar-refractivity contribution in [2.45, 2.75) is 44.1 Å². The van der Waals surface area contributed by atoms with E-state index in [0.717, 1.165) is 23.6 Å². The van der Waals surface area contributed by atoms with Gasteiger partial charge in [0.1, 0.15) is 5.82 Å². The lowest BCUT2D eigenvalue weighted by Crippen LogP contribution is -2.54. The van der Waals surface area contributed by atoms with Crippen molar-refractivity contribution in [1.29, 1.82) is 0 Å². The molecule has 5 nitrogen and oxygen atoms in total. The number of benzene rings is 1. The van der Waals surface area contributed by atoms with E-state index in [4.69, 9.17) is 11.6 Å². The second kappa shape index (κ2) is 6.96. The number of carbonyl (C=O) groups excluding carboxylic acids is 1. The Balaban J connectivity index is 1.21. The van der Waals surface area contributed by atoms with Crippen LogP contribution in [0, 0.1) is 17.8 Å². The number of anilines is 3. The first-order valence-corrected chi connectivity index (χ1v) is 10.5. The number of rotatable bonds is 4. The van der Waals surface area contributed by atoms with Crippen molar-refractivity contribution in [3.63, 3.8) is 0 Å². The van der Waals surface area contributed by atoms with Crippen LogP contribution in [-0.4, -0.2) is 16.6 Å². The summed E-state index contributed by atoms with van der Waals surface area (Å²) >= 11 is 5.95. The number of pyridine rings is 1. The Hall–Kier alpha value is -2.27. The van der Waals surface area contributed by atoms with Crippen molar-refractivity contribution in [3.8, 4) is 0 Å². The lowest BCUT2D eigenvalue weighted by atomic mass is 9.53. The fraction of sp³-hybridized carbons (Fsp3) is 0.455. The number of hydrogen-bond donors (Lipinski definition) is 3. The number of amides is 2. The molecule has 4 fully saturated rings. The highest BCUT2D eigenvalue weighted by Gasteiger charge is 2.51. The van der Waals surface area contributed by atoms with Gasteiger partial charge in [-0.2, -0.15) is 0 Å². The molecule has 0 radical (unpaired) electrons. The molecule has 146 valence electrons. The third-order valence-corrected chi connectivity index (χ3v) is 6.77. The molecule has 4 aliphatic rings. The van der Waals surface area contributed by atoms with Gasteiger partial charge in [-0.25, -0.2) is 9.78 Å². The highest BCUT2D eigenvalue weighted by molar-refractivity contribution is 6.30. The minimum absolute atomic E-state index is 0.237. The molecule has 4 bridgehead atoms. The zero-order valence-electron chi connectivity index (χ0n) is 15.7. The van der Waals surface area contributed by atoms with Gasteiger partial charge in [-0.3, -0.25) is 0 Å². The standard InChI is InChI=1S/C22H25ClN4O/c23-17-2-1-3-18(9-17)25-21(28)26-19-4-5-20(24-13-19)27-22-10-14-6-15(11-22)8-16(7-14)12-22/h1-5,9,13-16H,6-8,10-12H2,(H,24,27)(H2,25,26,28). The van der Waals surface area contributed by atoms with Crippen LogP contribution in [-0.2, 0) is 0 Å². The van der Waals surface area contributed by atoms with E-state index in [9.17, 15) is 4.79 Å². The molecule has 0 spiro atoms. The summed E-state index contributed by atoms with van der Waals surface area (Å²) in [6, 6.07) is 10.6. The Morgan fingerprint density at radius 1 is 0.964 bits per heavy atom. The van der Waals surface area contributed by atoms with Crippen molar-refractivity contribution in [3.05, 3.63) is 47.6 Å². The zero-order chi connectivity index (χ0) is 19.1. The van der Waals surface area contributed by atoms with E-state index in [1.54, 1.807) is 30.5 Å². The molecular weight excluding hydrogens is 372 g/mol. The highest BCUT2D eigenvalue weighted by atomic mass is 35.5. The van der Waals surface area contributed by atoms with Crippen LogP contribution in [0.5, 0.6) is 0 Å². The van der Waals surface area contributed by atoms with E-state index in [0.29, 0.717) is 16.4 Å². The number of halogens is 1. The first kappa shape index (κ1) is 17.8. The molecule has 6 rings (SSSR count). The van der Waals surface area contributed by atoms with Crippen LogP contribution in [0.25, 0.3) is 0 Å². The molecule has 2 aromatic rings. The Morgan fingerprint density at radius 3 is 2.25 bits per heavy atom. The molecule has 0 atom stereocenters. The Kier molecular flexibility index (Phi) is 4.43. The van der Waals surface area contributed by atoms with Crippen LogP contribution in [0.15, 0.2) is 42.6 Å². The molecule has 4 aliphatic carbocycles. The average Bonchev–Trinajstić information content (AvgIpc) is 2.62. The molecule has 1 aromatic carbocycles. The molecule has 6 heteroatoms. The summed E-state index contributed by atoms with van der Waals surface area (Å²) < 4.78 is 0. The van der Waals surface area contributed by atoms with Gasteiger partial charge in [-0.1, -0.05) is 17.7 Å². The maximum atomic E-state index is 12.2. The minimum atomic E-state index is -0.314. The zero-order valence-corrected chi connectivity index (χ0v) is 16.5. The first-order chi connectivity index (χ1) is 13.6. The summed E-state index contributed by atoms with van der Waals surface area (Å²) in [6.07, 6.45) is 9.84. The van der Waals surface area contributed by atoms with Gasteiger partial charge < -0.3 is 16.0 Å². The number of urea groups is 1. The molecule has 1 aromatic heterocycles. The molecule has 4 saturated carbocycles. The smallest absolute Gasteiger partial charge is 0.323 e. The van der Waals surface area contributed by atoms with Gasteiger partial charge in [0.05, 0.1) is 11.9 Å². The van der Waals surface area contributed by atoms with Crippen molar-refractivity contribution in [2.24, 2.45) is 17.8 Å². The van der Waals surface area contributed by atoms with E-state index < -0.39 is 0 Å². The summed E-state index contributed by atoms with van der Waals surface area (Å²) in [5.41, 5.74) is 1.55. The van der Waals surface area contributed by atoms with Crippen LogP contribution in [0.4, 0.5) is 22.0 Å². The molecule has 0 unspecified atom stereocenters. The predicted molar refractivity (Wildman–Crippen MR) is 113 cm³/mol. The van der Waals surface area contributed by atoms with Crippen LogP contribution in [0.1, 0.15) is 38.5 Å². The van der Waals surface area contributed by atoms with E-state index in [-0.39, 0.29) is 11.6 Å². The van der Waals surface area contributed by atoms with Crippen molar-refractivity contribution >= 4 is 34.8 Å². The largest absolute Gasteiger partial charge is 0.365 e. The summed E-state index contributed by atoms with van der Waals surface area (Å²) in [6.45, 7) is 0. The second-order valence-electron chi connectivity index (χ2n) is 8.84. The third-order valence-electron chi connectivity index (χ3n) is 6.54. The summed E-state index contributed by atoms with van der Waals surface area (Å²) in [4.78, 5) is 16.7. The van der Waals surface area contributed by atoms with Crippen molar-refractivity contribution < 1.29 is 4.79 Å². The maximum absolute atomic E-state index is 12.2.